The Hall–Kier alpha value is -2.96. The smallest absolute Gasteiger partial charge is 0.336 e. The zero-order valence-electron chi connectivity index (χ0n) is 16.1. The van der Waals surface area contributed by atoms with E-state index in [4.69, 9.17) is 14.2 Å². The van der Waals surface area contributed by atoms with Crippen molar-refractivity contribution in [2.45, 2.75) is 33.3 Å². The fourth-order valence-corrected chi connectivity index (χ4v) is 3.33. The maximum atomic E-state index is 12.5. The molecule has 2 unspecified atom stereocenters. The van der Waals surface area contributed by atoms with Crippen LogP contribution < -0.4 is 0 Å². The Bertz CT molecular complexity index is 824. The second-order valence-electron chi connectivity index (χ2n) is 6.20. The van der Waals surface area contributed by atoms with Crippen LogP contribution in [0, 0.1) is 5.92 Å². The van der Waals surface area contributed by atoms with Crippen LogP contribution in [0.5, 0.6) is 0 Å². The van der Waals surface area contributed by atoms with Crippen molar-refractivity contribution in [3.63, 3.8) is 0 Å². The lowest BCUT2D eigenvalue weighted by molar-refractivity contribution is -0.144. The second kappa shape index (κ2) is 8.62. The van der Waals surface area contributed by atoms with Gasteiger partial charge in [0.05, 0.1) is 19.8 Å². The number of carbonyl (C=O) groups is 3. The number of nitrogens with zero attached hydrogens (tertiary/aromatic N) is 1. The highest BCUT2D eigenvalue weighted by Gasteiger charge is 2.42. The molecule has 1 heterocycles. The molecule has 0 radical (unpaired) electrons. The Morgan fingerprint density at radius 2 is 1.74 bits per heavy atom. The van der Waals surface area contributed by atoms with E-state index in [1.54, 1.807) is 38.1 Å². The first-order valence-electron chi connectivity index (χ1n) is 8.45. The van der Waals surface area contributed by atoms with Crippen molar-refractivity contribution in [2.24, 2.45) is 10.9 Å². The third kappa shape index (κ3) is 4.24. The fourth-order valence-electron chi connectivity index (χ4n) is 3.33. The summed E-state index contributed by atoms with van der Waals surface area (Å²) in [5, 5.41) is 0. The van der Waals surface area contributed by atoms with E-state index in [2.05, 4.69) is 4.99 Å². The molecule has 0 fully saturated rings. The average molecular weight is 373 g/mol. The SMILES string of the molecule is COC(=O)C1=C(C)N=C(C)C(C(=O)OC)C1c1ccccc1COC(C)=O. The van der Waals surface area contributed by atoms with Crippen LogP contribution >= 0.6 is 0 Å². The van der Waals surface area contributed by atoms with Gasteiger partial charge in [0.1, 0.15) is 12.5 Å². The maximum absolute atomic E-state index is 12.5. The summed E-state index contributed by atoms with van der Waals surface area (Å²) in [5.74, 6) is -2.93. The van der Waals surface area contributed by atoms with E-state index in [0.717, 1.165) is 0 Å². The highest BCUT2D eigenvalue weighted by atomic mass is 16.5. The van der Waals surface area contributed by atoms with Gasteiger partial charge < -0.3 is 14.2 Å². The molecule has 2 rings (SSSR count). The lowest BCUT2D eigenvalue weighted by atomic mass is 9.74. The van der Waals surface area contributed by atoms with E-state index < -0.39 is 29.7 Å². The van der Waals surface area contributed by atoms with Crippen molar-refractivity contribution in [3.05, 3.63) is 46.7 Å². The van der Waals surface area contributed by atoms with Crippen molar-refractivity contribution >= 4 is 23.6 Å². The lowest BCUT2D eigenvalue weighted by Crippen LogP contribution is -2.36. The molecule has 1 aliphatic heterocycles. The Kier molecular flexibility index (Phi) is 6.50. The quantitative estimate of drug-likeness (QED) is 0.582. The number of hydrogen-bond donors (Lipinski definition) is 0. The van der Waals surface area contributed by atoms with Gasteiger partial charge in [-0.15, -0.1) is 0 Å². The molecule has 144 valence electrons. The zero-order valence-corrected chi connectivity index (χ0v) is 16.1. The first-order chi connectivity index (χ1) is 12.8. The monoisotopic (exact) mass is 373 g/mol. The van der Waals surface area contributed by atoms with Gasteiger partial charge >= 0.3 is 17.9 Å². The molecule has 0 spiro atoms. The zero-order chi connectivity index (χ0) is 20.1. The molecule has 0 aliphatic carbocycles. The van der Waals surface area contributed by atoms with Gasteiger partial charge in [-0.1, -0.05) is 24.3 Å². The van der Waals surface area contributed by atoms with Crippen LogP contribution in [0.4, 0.5) is 0 Å². The lowest BCUT2D eigenvalue weighted by Gasteiger charge is -2.32. The van der Waals surface area contributed by atoms with Gasteiger partial charge in [0.25, 0.3) is 0 Å². The van der Waals surface area contributed by atoms with Crippen molar-refractivity contribution in [3.8, 4) is 0 Å². The van der Waals surface area contributed by atoms with Crippen LogP contribution in [-0.2, 0) is 35.2 Å². The summed E-state index contributed by atoms with van der Waals surface area (Å²) in [4.78, 5) is 40.7. The summed E-state index contributed by atoms with van der Waals surface area (Å²) in [6.45, 7) is 4.77. The molecule has 1 aliphatic rings. The minimum atomic E-state index is -0.786. The number of carbonyl (C=O) groups excluding carboxylic acids is 3. The molecule has 7 nitrogen and oxygen atoms in total. The van der Waals surface area contributed by atoms with Crippen molar-refractivity contribution in [1.29, 1.82) is 0 Å². The molecule has 0 saturated heterocycles. The summed E-state index contributed by atoms with van der Waals surface area (Å²) < 4.78 is 15.0. The topological polar surface area (TPSA) is 91.3 Å². The first-order valence-corrected chi connectivity index (χ1v) is 8.45. The first kappa shape index (κ1) is 20.4. The largest absolute Gasteiger partial charge is 0.468 e. The predicted molar refractivity (Wildman–Crippen MR) is 98.0 cm³/mol. The number of ether oxygens (including phenoxy) is 3. The minimum absolute atomic E-state index is 0.0274. The van der Waals surface area contributed by atoms with Crippen LogP contribution in [0.25, 0.3) is 0 Å². The molecule has 0 N–H and O–H groups in total. The second-order valence-corrected chi connectivity index (χ2v) is 6.20. The van der Waals surface area contributed by atoms with E-state index in [1.807, 2.05) is 0 Å². The van der Waals surface area contributed by atoms with E-state index in [1.165, 1.54) is 21.1 Å². The molecule has 27 heavy (non-hydrogen) atoms. The molecule has 0 bridgehead atoms. The number of hydrogen-bond acceptors (Lipinski definition) is 7. The average Bonchev–Trinajstić information content (AvgIpc) is 2.64. The van der Waals surface area contributed by atoms with Gasteiger partial charge in [0, 0.05) is 24.3 Å². The highest BCUT2D eigenvalue weighted by Crippen LogP contribution is 2.41. The fraction of sp³-hybridized carbons (Fsp3) is 0.400. The summed E-state index contributed by atoms with van der Waals surface area (Å²) in [5.41, 5.74) is 2.68. The Balaban J connectivity index is 2.67. The van der Waals surface area contributed by atoms with Crippen LogP contribution in [0.1, 0.15) is 37.8 Å². The van der Waals surface area contributed by atoms with E-state index in [-0.39, 0.29) is 12.2 Å². The maximum Gasteiger partial charge on any atom is 0.336 e. The highest BCUT2D eigenvalue weighted by molar-refractivity contribution is 6.07. The number of rotatable bonds is 5. The number of esters is 3. The molecular weight excluding hydrogens is 350 g/mol. The van der Waals surface area contributed by atoms with Crippen molar-refractivity contribution in [2.75, 3.05) is 14.2 Å². The Morgan fingerprint density at radius 1 is 1.07 bits per heavy atom. The molecule has 1 aromatic rings. The van der Waals surface area contributed by atoms with Crippen LogP contribution in [0.15, 0.2) is 40.5 Å². The summed E-state index contributed by atoms with van der Waals surface area (Å²) in [6.07, 6.45) is 0. The standard InChI is InChI=1S/C20H23NO6/c1-11-16(19(23)25-4)18(17(12(2)21-11)20(24)26-5)15-9-7-6-8-14(15)10-27-13(3)22/h6-9,16,18H,10H2,1-5H3. The van der Waals surface area contributed by atoms with Crippen LogP contribution in [0.3, 0.4) is 0 Å². The molecule has 2 atom stereocenters. The van der Waals surface area contributed by atoms with Crippen LogP contribution in [-0.4, -0.2) is 37.8 Å². The molecular formula is C20H23NO6. The Labute approximate surface area is 158 Å². The Morgan fingerprint density at radius 3 is 2.33 bits per heavy atom. The van der Waals surface area contributed by atoms with Crippen molar-refractivity contribution in [1.82, 2.24) is 0 Å². The predicted octanol–water partition coefficient (Wildman–Crippen LogP) is 2.54. The number of methoxy groups -OCH3 is 2. The molecule has 0 saturated carbocycles. The van der Waals surface area contributed by atoms with Gasteiger partial charge in [0.2, 0.25) is 0 Å². The van der Waals surface area contributed by atoms with Crippen molar-refractivity contribution < 1.29 is 28.6 Å². The summed E-state index contributed by atoms with van der Waals surface area (Å²) in [6, 6.07) is 7.19. The van der Waals surface area contributed by atoms with E-state index in [0.29, 0.717) is 22.5 Å². The number of allylic oxidation sites excluding steroid dienone is 1. The molecule has 1 aromatic carbocycles. The summed E-state index contributed by atoms with van der Waals surface area (Å²) >= 11 is 0. The van der Waals surface area contributed by atoms with Gasteiger partial charge in [-0.3, -0.25) is 14.6 Å². The number of aliphatic imine (C=N–C) groups is 1. The number of benzene rings is 1. The van der Waals surface area contributed by atoms with Gasteiger partial charge in [-0.05, 0) is 25.0 Å². The van der Waals surface area contributed by atoms with E-state index >= 15 is 0 Å². The molecule has 0 amide bonds. The van der Waals surface area contributed by atoms with Gasteiger partial charge in [-0.25, -0.2) is 4.79 Å². The molecule has 7 heteroatoms. The van der Waals surface area contributed by atoms with Gasteiger partial charge in [-0.2, -0.15) is 0 Å². The van der Waals surface area contributed by atoms with Gasteiger partial charge in [0.15, 0.2) is 0 Å². The third-order valence-electron chi connectivity index (χ3n) is 4.51. The van der Waals surface area contributed by atoms with E-state index in [9.17, 15) is 14.4 Å². The third-order valence-corrected chi connectivity index (χ3v) is 4.51. The van der Waals surface area contributed by atoms with Crippen LogP contribution in [0.2, 0.25) is 0 Å². The minimum Gasteiger partial charge on any atom is -0.468 e. The molecule has 0 aromatic heterocycles. The normalized spacial score (nSPS) is 19.2. The summed E-state index contributed by atoms with van der Waals surface area (Å²) in [7, 11) is 2.57.